The maximum absolute atomic E-state index is 12.8. The van der Waals surface area contributed by atoms with Gasteiger partial charge in [-0.1, -0.05) is 6.08 Å². The van der Waals surface area contributed by atoms with Crippen molar-refractivity contribution in [1.29, 1.82) is 0 Å². The van der Waals surface area contributed by atoms with Gasteiger partial charge in [-0.3, -0.25) is 9.59 Å². The number of aromatic amines is 1. The number of hydrogen-bond acceptors (Lipinski definition) is 9. The summed E-state index contributed by atoms with van der Waals surface area (Å²) in [6.07, 6.45) is 4.53. The third-order valence-corrected chi connectivity index (χ3v) is 7.64. The fraction of sp³-hybridized carbons (Fsp3) is 0.360. The first-order valence-corrected chi connectivity index (χ1v) is 12.8. The molecule has 4 heterocycles. The Morgan fingerprint density at radius 2 is 2.14 bits per heavy atom. The van der Waals surface area contributed by atoms with E-state index < -0.39 is 5.25 Å². The van der Waals surface area contributed by atoms with Gasteiger partial charge in [-0.25, -0.2) is 0 Å². The number of carbonyl (C=O) groups is 2. The summed E-state index contributed by atoms with van der Waals surface area (Å²) in [5.74, 6) is 1.19. The standard InChI is InChI=1S/C25H30N8O3S/c1-13-9-17(21(37-13)22(26)35)28-24-15-5-7-27-23(15)30-25(31-24)29-16-11-18-14(10-19(16)36-4)6-8-33(18)20(34)12-32(2)3/h5,7,9-11,17,21H,6,8,12H2,1-4H3,(H2,26,35)(H3,27,28,29,30,31). The number of amides is 2. The van der Waals surface area contributed by atoms with Crippen LogP contribution in [-0.4, -0.2) is 77.3 Å². The van der Waals surface area contributed by atoms with Crippen LogP contribution in [0.1, 0.15) is 12.5 Å². The molecule has 0 saturated heterocycles. The van der Waals surface area contributed by atoms with E-state index in [-0.39, 0.29) is 17.9 Å². The quantitative estimate of drug-likeness (QED) is 0.351. The lowest BCUT2D eigenvalue weighted by Gasteiger charge is -2.21. The van der Waals surface area contributed by atoms with E-state index in [9.17, 15) is 9.59 Å². The number of aromatic nitrogens is 3. The predicted molar refractivity (Wildman–Crippen MR) is 147 cm³/mol. The number of primary amides is 1. The van der Waals surface area contributed by atoms with Crippen molar-refractivity contribution in [3.8, 4) is 5.75 Å². The smallest absolute Gasteiger partial charge is 0.241 e. The Morgan fingerprint density at radius 3 is 2.86 bits per heavy atom. The minimum absolute atomic E-state index is 0.0391. The molecule has 194 valence electrons. The van der Waals surface area contributed by atoms with Crippen molar-refractivity contribution in [2.45, 2.75) is 24.6 Å². The van der Waals surface area contributed by atoms with Gasteiger partial charge in [0, 0.05) is 18.4 Å². The fourth-order valence-electron chi connectivity index (χ4n) is 4.69. The van der Waals surface area contributed by atoms with E-state index in [4.69, 9.17) is 15.5 Å². The van der Waals surface area contributed by atoms with Crippen molar-refractivity contribution in [3.05, 3.63) is 40.9 Å². The number of anilines is 4. The number of hydrogen-bond donors (Lipinski definition) is 4. The van der Waals surface area contributed by atoms with Crippen molar-refractivity contribution >= 4 is 57.8 Å². The van der Waals surface area contributed by atoms with Crippen LogP contribution < -0.4 is 26.0 Å². The molecule has 0 fully saturated rings. The first kappa shape index (κ1) is 24.9. The molecular weight excluding hydrogens is 492 g/mol. The highest BCUT2D eigenvalue weighted by molar-refractivity contribution is 8.04. The van der Waals surface area contributed by atoms with Crippen LogP contribution in [0, 0.1) is 0 Å². The largest absolute Gasteiger partial charge is 0.495 e. The number of benzene rings is 1. The first-order chi connectivity index (χ1) is 17.7. The van der Waals surface area contributed by atoms with Gasteiger partial charge in [-0.05, 0) is 56.1 Å². The molecule has 5 rings (SSSR count). The Bertz CT molecular complexity index is 1400. The van der Waals surface area contributed by atoms with Crippen LogP contribution in [0.5, 0.6) is 5.75 Å². The average molecular weight is 523 g/mol. The van der Waals surface area contributed by atoms with E-state index in [1.54, 1.807) is 18.2 Å². The third-order valence-electron chi connectivity index (χ3n) is 6.35. The van der Waals surface area contributed by atoms with Gasteiger partial charge in [-0.15, -0.1) is 11.8 Å². The summed E-state index contributed by atoms with van der Waals surface area (Å²) in [5.41, 5.74) is 8.81. The predicted octanol–water partition coefficient (Wildman–Crippen LogP) is 2.45. The lowest BCUT2D eigenvalue weighted by atomic mass is 10.1. The fourth-order valence-corrected chi connectivity index (χ4v) is 5.72. The highest BCUT2D eigenvalue weighted by atomic mass is 32.2. The van der Waals surface area contributed by atoms with Crippen LogP contribution in [0.2, 0.25) is 0 Å². The zero-order valence-electron chi connectivity index (χ0n) is 21.2. The number of ether oxygens (including phenoxy) is 1. The topological polar surface area (TPSA) is 142 Å². The second-order valence-corrected chi connectivity index (χ2v) is 10.8. The molecule has 5 N–H and O–H groups in total. The molecule has 2 aliphatic rings. The molecule has 11 nitrogen and oxygen atoms in total. The summed E-state index contributed by atoms with van der Waals surface area (Å²) in [6, 6.07) is 5.44. The highest BCUT2D eigenvalue weighted by Gasteiger charge is 2.32. The maximum atomic E-state index is 12.8. The monoisotopic (exact) mass is 522 g/mol. The molecule has 2 amide bonds. The van der Waals surface area contributed by atoms with Gasteiger partial charge in [0.2, 0.25) is 17.8 Å². The van der Waals surface area contributed by atoms with Gasteiger partial charge in [0.05, 0.1) is 30.8 Å². The number of nitrogens with zero attached hydrogens (tertiary/aromatic N) is 4. The second kappa shape index (κ2) is 9.94. The minimum atomic E-state index is -0.428. The van der Waals surface area contributed by atoms with Crippen molar-refractivity contribution in [2.75, 3.05) is 49.8 Å². The first-order valence-electron chi connectivity index (χ1n) is 11.9. The van der Waals surface area contributed by atoms with E-state index in [2.05, 4.69) is 20.6 Å². The zero-order chi connectivity index (χ0) is 26.3. The van der Waals surface area contributed by atoms with Gasteiger partial charge < -0.3 is 35.9 Å². The number of carbonyl (C=O) groups excluding carboxylic acids is 2. The Morgan fingerprint density at radius 1 is 1.32 bits per heavy atom. The normalized spacial score (nSPS) is 18.7. The number of likely N-dealkylation sites (N-methyl/N-ethyl adjacent to an activating group) is 1. The molecule has 2 unspecified atom stereocenters. The number of methoxy groups -OCH3 is 1. The second-order valence-electron chi connectivity index (χ2n) is 9.36. The number of fused-ring (bicyclic) bond motifs is 2. The van der Waals surface area contributed by atoms with Crippen LogP contribution in [-0.2, 0) is 16.0 Å². The van der Waals surface area contributed by atoms with Crippen LogP contribution in [0.15, 0.2) is 35.4 Å². The Hall–Kier alpha value is -3.77. The lowest BCUT2D eigenvalue weighted by molar-refractivity contribution is -0.119. The molecular formula is C25H30N8O3S. The summed E-state index contributed by atoms with van der Waals surface area (Å²) in [4.78, 5) is 42.0. The third kappa shape index (κ3) is 4.94. The van der Waals surface area contributed by atoms with Crippen LogP contribution >= 0.6 is 11.8 Å². The molecule has 0 aliphatic carbocycles. The van der Waals surface area contributed by atoms with Gasteiger partial charge in [-0.2, -0.15) is 9.97 Å². The Balaban J connectivity index is 1.48. The molecule has 3 aromatic rings. The van der Waals surface area contributed by atoms with Crippen LogP contribution in [0.25, 0.3) is 11.0 Å². The maximum Gasteiger partial charge on any atom is 0.241 e. The molecule has 1 aromatic carbocycles. The van der Waals surface area contributed by atoms with Crippen LogP contribution in [0.3, 0.4) is 0 Å². The Kier molecular flexibility index (Phi) is 6.69. The van der Waals surface area contributed by atoms with Gasteiger partial charge in [0.1, 0.15) is 22.5 Å². The molecule has 2 atom stereocenters. The molecule has 2 aromatic heterocycles. The lowest BCUT2D eigenvalue weighted by Crippen LogP contribution is -2.37. The number of allylic oxidation sites excluding steroid dienone is 1. The number of nitrogens with one attached hydrogen (secondary N) is 3. The average Bonchev–Trinajstić information content (AvgIpc) is 3.56. The molecule has 37 heavy (non-hydrogen) atoms. The number of nitrogens with two attached hydrogens (primary N) is 1. The minimum Gasteiger partial charge on any atom is -0.495 e. The van der Waals surface area contributed by atoms with E-state index >= 15 is 0 Å². The van der Waals surface area contributed by atoms with Crippen LogP contribution in [0.4, 0.5) is 23.1 Å². The highest BCUT2D eigenvalue weighted by Crippen LogP contribution is 2.39. The molecule has 0 spiro atoms. The number of rotatable bonds is 8. The van der Waals surface area contributed by atoms with Crippen molar-refractivity contribution in [1.82, 2.24) is 19.9 Å². The summed E-state index contributed by atoms with van der Waals surface area (Å²) in [5, 5.41) is 7.01. The summed E-state index contributed by atoms with van der Waals surface area (Å²) >= 11 is 1.44. The van der Waals surface area contributed by atoms with Crippen molar-refractivity contribution in [2.24, 2.45) is 5.73 Å². The van der Waals surface area contributed by atoms with Gasteiger partial charge in [0.15, 0.2) is 0 Å². The molecule has 2 aliphatic heterocycles. The van der Waals surface area contributed by atoms with Crippen molar-refractivity contribution in [3.63, 3.8) is 0 Å². The zero-order valence-corrected chi connectivity index (χ0v) is 22.0. The molecule has 0 saturated carbocycles. The SMILES string of the molecule is COc1cc2c(cc1Nc1nc(NC3C=C(C)SC3C(N)=O)c3cc[nH]c3n1)N(C(=O)CN(C)C)CC2. The number of H-pyrrole nitrogens is 1. The van der Waals surface area contributed by atoms with E-state index in [1.807, 2.05) is 50.2 Å². The summed E-state index contributed by atoms with van der Waals surface area (Å²) in [7, 11) is 5.36. The van der Waals surface area contributed by atoms with E-state index in [0.717, 1.165) is 28.0 Å². The number of thioether (sulfide) groups is 1. The van der Waals surface area contributed by atoms with E-state index in [0.29, 0.717) is 41.9 Å². The molecule has 0 bridgehead atoms. The Labute approximate surface area is 218 Å². The molecule has 0 radical (unpaired) electrons. The molecule has 12 heteroatoms. The van der Waals surface area contributed by atoms with E-state index in [1.165, 1.54) is 11.8 Å². The van der Waals surface area contributed by atoms with Crippen molar-refractivity contribution < 1.29 is 14.3 Å². The summed E-state index contributed by atoms with van der Waals surface area (Å²) in [6.45, 7) is 2.91. The van der Waals surface area contributed by atoms with Gasteiger partial charge >= 0.3 is 0 Å². The van der Waals surface area contributed by atoms with Gasteiger partial charge in [0.25, 0.3) is 0 Å². The summed E-state index contributed by atoms with van der Waals surface area (Å²) < 4.78 is 5.65.